The first-order chi connectivity index (χ1) is 19.6. The van der Waals surface area contributed by atoms with Gasteiger partial charge in [-0.1, -0.05) is 49.4 Å². The summed E-state index contributed by atoms with van der Waals surface area (Å²) >= 11 is 0. The second-order valence-electron chi connectivity index (χ2n) is 10.1. The Bertz CT molecular complexity index is 1700. The number of nitrogens with one attached hydrogen (secondary N) is 1. The third-order valence-electron chi connectivity index (χ3n) is 7.68. The number of hydrogen-bond donors (Lipinski definition) is 1. The smallest absolute Gasteiger partial charge is 0.322 e. The number of benzene rings is 3. The predicted molar refractivity (Wildman–Crippen MR) is 152 cm³/mol. The van der Waals surface area contributed by atoms with Crippen LogP contribution in [0.1, 0.15) is 41.0 Å². The molecule has 0 saturated heterocycles. The maximum atomic E-state index is 14.2. The molecule has 0 spiro atoms. The summed E-state index contributed by atoms with van der Waals surface area (Å²) in [6.07, 6.45) is 3.01. The number of carbonyl (C=O) groups is 1. The van der Waals surface area contributed by atoms with Gasteiger partial charge >= 0.3 is 6.03 Å². The van der Waals surface area contributed by atoms with E-state index in [2.05, 4.69) is 53.3 Å². The molecule has 0 unspecified atom stereocenters. The molecule has 3 aromatic carbocycles. The lowest BCUT2D eigenvalue weighted by Gasteiger charge is -2.31. The predicted octanol–water partition coefficient (Wildman–Crippen LogP) is 6.40. The highest BCUT2D eigenvalue weighted by Crippen LogP contribution is 2.39. The Hall–Kier alpha value is -4.98. The number of fused-ring (bicyclic) bond motifs is 4. The second-order valence-corrected chi connectivity index (χ2v) is 10.1. The number of ether oxygens (including phenoxy) is 2. The zero-order valence-corrected chi connectivity index (χ0v) is 22.4. The molecular weight excluding hydrogens is 502 g/mol. The van der Waals surface area contributed by atoms with Gasteiger partial charge in [-0.05, 0) is 60.9 Å². The molecule has 2 aliphatic rings. The molecule has 0 fully saturated rings. The van der Waals surface area contributed by atoms with Crippen LogP contribution >= 0.6 is 0 Å². The number of urea groups is 1. The zero-order chi connectivity index (χ0) is 27.2. The van der Waals surface area contributed by atoms with E-state index < -0.39 is 0 Å². The Morgan fingerprint density at radius 1 is 0.975 bits per heavy atom. The van der Waals surface area contributed by atoms with Crippen LogP contribution in [0.25, 0.3) is 11.5 Å². The van der Waals surface area contributed by atoms with Crippen molar-refractivity contribution in [2.45, 2.75) is 32.9 Å². The Morgan fingerprint density at radius 2 is 1.77 bits per heavy atom. The maximum Gasteiger partial charge on any atom is 0.322 e. The van der Waals surface area contributed by atoms with Crippen molar-refractivity contribution >= 4 is 11.7 Å². The number of rotatable bonds is 4. The molecule has 2 aromatic heterocycles. The molecule has 40 heavy (non-hydrogen) atoms. The minimum atomic E-state index is -0.328. The Labute approximate surface area is 232 Å². The lowest BCUT2D eigenvalue weighted by Crippen LogP contribution is -2.38. The van der Waals surface area contributed by atoms with Gasteiger partial charge in [-0.15, -0.1) is 0 Å². The molecule has 2 aliphatic heterocycles. The quantitative estimate of drug-likeness (QED) is 0.291. The summed E-state index contributed by atoms with van der Waals surface area (Å²) in [5.74, 6) is 2.24. The van der Waals surface area contributed by atoms with Crippen molar-refractivity contribution in [2.75, 3.05) is 12.1 Å². The van der Waals surface area contributed by atoms with E-state index in [9.17, 15) is 4.79 Å². The fourth-order valence-corrected chi connectivity index (χ4v) is 5.61. The lowest BCUT2D eigenvalue weighted by molar-refractivity contribution is 0.174. The third kappa shape index (κ3) is 4.00. The summed E-state index contributed by atoms with van der Waals surface area (Å²) in [7, 11) is 0. The van der Waals surface area contributed by atoms with Gasteiger partial charge < -0.3 is 24.3 Å². The van der Waals surface area contributed by atoms with Crippen LogP contribution in [-0.2, 0) is 13.0 Å². The van der Waals surface area contributed by atoms with Crippen molar-refractivity contribution in [3.05, 3.63) is 119 Å². The molecule has 1 atom stereocenters. The first-order valence-electron chi connectivity index (χ1n) is 13.5. The van der Waals surface area contributed by atoms with E-state index in [4.69, 9.17) is 14.6 Å². The molecule has 2 amide bonds. The molecular formula is C32H29N5O3. The number of para-hydroxylation sites is 1. The first-order valence-corrected chi connectivity index (χ1v) is 13.5. The van der Waals surface area contributed by atoms with Crippen LogP contribution in [0.5, 0.6) is 11.5 Å². The van der Waals surface area contributed by atoms with Gasteiger partial charge in [0.05, 0.1) is 29.7 Å². The summed E-state index contributed by atoms with van der Waals surface area (Å²) in [5, 5.41) is 8.05. The normalized spacial score (nSPS) is 15.3. The molecule has 8 nitrogen and oxygen atoms in total. The van der Waals surface area contributed by atoms with Crippen molar-refractivity contribution in [3.8, 4) is 23.0 Å². The Morgan fingerprint density at radius 3 is 2.58 bits per heavy atom. The van der Waals surface area contributed by atoms with Gasteiger partial charge in [0.15, 0.2) is 11.5 Å². The standard InChI is InChI=1S/C32H29N5O3/c1-3-22-11-13-23(14-12-22)30-27-10-7-17-35(27)31-26(21(2)34-37(31)25-8-5-4-6-9-25)19-36(30)32(38)33-24-15-16-28-29(18-24)40-20-39-28/h4-18,30H,3,19-20H2,1-2H3,(H,33,38)/t30-/m0/s1. The van der Waals surface area contributed by atoms with Crippen LogP contribution < -0.4 is 14.8 Å². The van der Waals surface area contributed by atoms with Gasteiger partial charge in [-0.25, -0.2) is 9.48 Å². The number of amides is 2. The van der Waals surface area contributed by atoms with E-state index in [1.807, 2.05) is 65.0 Å². The Balaban J connectivity index is 1.37. The van der Waals surface area contributed by atoms with Crippen LogP contribution in [0.15, 0.2) is 91.1 Å². The second kappa shape index (κ2) is 9.64. The van der Waals surface area contributed by atoms with E-state index >= 15 is 0 Å². The van der Waals surface area contributed by atoms with Gasteiger partial charge in [0.25, 0.3) is 0 Å². The minimum Gasteiger partial charge on any atom is -0.454 e. The first kappa shape index (κ1) is 24.1. The topological polar surface area (TPSA) is 73.6 Å². The molecule has 8 heteroatoms. The molecule has 7 rings (SSSR count). The van der Waals surface area contributed by atoms with Crippen molar-refractivity contribution in [1.82, 2.24) is 19.2 Å². The molecule has 0 bridgehead atoms. The molecule has 0 radical (unpaired) electrons. The molecule has 1 N–H and O–H groups in total. The van der Waals surface area contributed by atoms with Crippen LogP contribution in [0.3, 0.4) is 0 Å². The third-order valence-corrected chi connectivity index (χ3v) is 7.68. The van der Waals surface area contributed by atoms with E-state index in [0.717, 1.165) is 40.4 Å². The largest absolute Gasteiger partial charge is 0.454 e. The average molecular weight is 532 g/mol. The summed E-state index contributed by atoms with van der Waals surface area (Å²) in [4.78, 5) is 16.1. The SMILES string of the molecule is CCc1ccc([C@H]2c3cccn3-c3c(c(C)nn3-c3ccccc3)CN2C(=O)Nc2ccc3c(c2)OCO3)cc1. The van der Waals surface area contributed by atoms with E-state index in [0.29, 0.717) is 23.7 Å². The van der Waals surface area contributed by atoms with Gasteiger partial charge in [0.2, 0.25) is 6.79 Å². The molecule has 0 aliphatic carbocycles. The fraction of sp³-hybridized carbons (Fsp3) is 0.188. The molecule has 0 saturated carbocycles. The number of anilines is 1. The molecule has 5 aromatic rings. The van der Waals surface area contributed by atoms with Gasteiger partial charge in [0, 0.05) is 23.5 Å². The highest BCUT2D eigenvalue weighted by atomic mass is 16.7. The summed E-state index contributed by atoms with van der Waals surface area (Å²) in [6.45, 7) is 4.71. The van der Waals surface area contributed by atoms with Gasteiger partial charge in [0.1, 0.15) is 5.82 Å². The highest BCUT2D eigenvalue weighted by Gasteiger charge is 2.36. The van der Waals surface area contributed by atoms with Crippen LogP contribution in [0.2, 0.25) is 0 Å². The van der Waals surface area contributed by atoms with Crippen LogP contribution in [0, 0.1) is 6.92 Å². The maximum absolute atomic E-state index is 14.2. The van der Waals surface area contributed by atoms with E-state index in [1.54, 1.807) is 6.07 Å². The minimum absolute atomic E-state index is 0.180. The number of carbonyl (C=O) groups excluding carboxylic acids is 1. The van der Waals surface area contributed by atoms with Crippen molar-refractivity contribution in [1.29, 1.82) is 0 Å². The summed E-state index contributed by atoms with van der Waals surface area (Å²) < 4.78 is 15.1. The van der Waals surface area contributed by atoms with Crippen molar-refractivity contribution in [2.24, 2.45) is 0 Å². The number of hydrogen-bond acceptors (Lipinski definition) is 4. The van der Waals surface area contributed by atoms with E-state index in [1.165, 1.54) is 5.56 Å². The molecule has 200 valence electrons. The highest BCUT2D eigenvalue weighted by molar-refractivity contribution is 5.90. The number of aryl methyl sites for hydroxylation is 2. The van der Waals surface area contributed by atoms with Crippen LogP contribution in [-0.4, -0.2) is 32.1 Å². The monoisotopic (exact) mass is 531 g/mol. The Kier molecular flexibility index (Phi) is 5.81. The fourth-order valence-electron chi connectivity index (χ4n) is 5.61. The van der Waals surface area contributed by atoms with Gasteiger partial charge in [-0.3, -0.25) is 0 Å². The average Bonchev–Trinajstić information content (AvgIpc) is 3.70. The van der Waals surface area contributed by atoms with Gasteiger partial charge in [-0.2, -0.15) is 5.10 Å². The van der Waals surface area contributed by atoms with Crippen molar-refractivity contribution in [3.63, 3.8) is 0 Å². The summed E-state index contributed by atoms with van der Waals surface area (Å²) in [5.41, 5.74) is 6.76. The lowest BCUT2D eigenvalue weighted by atomic mass is 9.99. The summed E-state index contributed by atoms with van der Waals surface area (Å²) in [6, 6.07) is 27.7. The van der Waals surface area contributed by atoms with Crippen molar-refractivity contribution < 1.29 is 14.3 Å². The number of nitrogens with zero attached hydrogens (tertiary/aromatic N) is 4. The molecule has 4 heterocycles. The van der Waals surface area contributed by atoms with Crippen LogP contribution in [0.4, 0.5) is 10.5 Å². The van der Waals surface area contributed by atoms with E-state index in [-0.39, 0.29) is 18.9 Å². The zero-order valence-electron chi connectivity index (χ0n) is 22.4. The number of aromatic nitrogens is 3.